The van der Waals surface area contributed by atoms with Crippen molar-refractivity contribution in [1.82, 2.24) is 0 Å². The molecular formula is C44H87NO8P+. The van der Waals surface area contributed by atoms with Crippen molar-refractivity contribution in [3.8, 4) is 0 Å². The quantitative estimate of drug-likeness (QED) is 0.0214. The third-order valence-electron chi connectivity index (χ3n) is 9.80. The van der Waals surface area contributed by atoms with Gasteiger partial charge in [-0.05, 0) is 38.5 Å². The van der Waals surface area contributed by atoms with Gasteiger partial charge in [-0.15, -0.1) is 0 Å². The van der Waals surface area contributed by atoms with Crippen LogP contribution in [0.15, 0.2) is 12.2 Å². The Bertz CT molecular complexity index is 938. The maximum Gasteiger partial charge on any atom is 0.472 e. The number of nitrogens with zero attached hydrogens (tertiary/aromatic N) is 1. The van der Waals surface area contributed by atoms with E-state index < -0.39 is 26.5 Å². The predicted octanol–water partition coefficient (Wildman–Crippen LogP) is 12.6. The second-order valence-corrected chi connectivity index (χ2v) is 17.9. The number of ether oxygens (including phenoxy) is 2. The Morgan fingerprint density at radius 3 is 1.37 bits per heavy atom. The molecule has 0 fully saturated rings. The third-order valence-corrected chi connectivity index (χ3v) is 10.8. The van der Waals surface area contributed by atoms with Crippen LogP contribution in [-0.4, -0.2) is 74.9 Å². The monoisotopic (exact) mass is 789 g/mol. The molecule has 0 radical (unpaired) electrons. The minimum Gasteiger partial charge on any atom is -0.462 e. The summed E-state index contributed by atoms with van der Waals surface area (Å²) in [7, 11) is 1.48. The van der Waals surface area contributed by atoms with Crippen LogP contribution in [0, 0.1) is 0 Å². The maximum atomic E-state index is 12.7. The smallest absolute Gasteiger partial charge is 0.462 e. The molecule has 9 nitrogen and oxygen atoms in total. The average molecular weight is 789 g/mol. The Morgan fingerprint density at radius 1 is 0.556 bits per heavy atom. The van der Waals surface area contributed by atoms with E-state index in [0.717, 1.165) is 51.4 Å². The molecule has 0 aliphatic carbocycles. The van der Waals surface area contributed by atoms with Gasteiger partial charge in [0.2, 0.25) is 0 Å². The number of phosphoric ester groups is 1. The molecule has 0 rings (SSSR count). The van der Waals surface area contributed by atoms with Crippen molar-refractivity contribution >= 4 is 19.8 Å². The van der Waals surface area contributed by atoms with Crippen LogP contribution in [0.1, 0.15) is 206 Å². The SMILES string of the molecule is CCCCCCC/C=C\CCCCCCCC(=O)OC(COC(=O)CCCCCCCCCCCCCCCCCC)COP(=O)(O)OCC[N+](C)(C)C. The molecule has 1 N–H and O–H groups in total. The van der Waals surface area contributed by atoms with E-state index in [4.69, 9.17) is 18.5 Å². The molecular weight excluding hydrogens is 701 g/mol. The number of allylic oxidation sites excluding steroid dienone is 2. The van der Waals surface area contributed by atoms with Crippen molar-refractivity contribution in [3.63, 3.8) is 0 Å². The van der Waals surface area contributed by atoms with E-state index in [-0.39, 0.29) is 25.6 Å². The van der Waals surface area contributed by atoms with Crippen molar-refractivity contribution in [3.05, 3.63) is 12.2 Å². The molecule has 0 aliphatic heterocycles. The van der Waals surface area contributed by atoms with Gasteiger partial charge in [-0.3, -0.25) is 18.6 Å². The van der Waals surface area contributed by atoms with Crippen molar-refractivity contribution in [2.24, 2.45) is 0 Å². The topological polar surface area (TPSA) is 108 Å². The van der Waals surface area contributed by atoms with Crippen LogP contribution in [0.4, 0.5) is 0 Å². The lowest BCUT2D eigenvalue weighted by atomic mass is 10.0. The molecule has 0 saturated heterocycles. The first-order chi connectivity index (χ1) is 26.0. The fraction of sp³-hybridized carbons (Fsp3) is 0.909. The fourth-order valence-corrected chi connectivity index (χ4v) is 6.99. The van der Waals surface area contributed by atoms with Crippen LogP contribution >= 0.6 is 7.82 Å². The number of carbonyl (C=O) groups is 2. The number of quaternary nitrogens is 1. The van der Waals surface area contributed by atoms with Gasteiger partial charge in [0.25, 0.3) is 0 Å². The van der Waals surface area contributed by atoms with Crippen LogP contribution in [0.5, 0.6) is 0 Å². The van der Waals surface area contributed by atoms with Gasteiger partial charge in [0.05, 0.1) is 27.7 Å². The minimum absolute atomic E-state index is 0.0332. The van der Waals surface area contributed by atoms with Gasteiger partial charge in [-0.25, -0.2) is 4.57 Å². The lowest BCUT2D eigenvalue weighted by molar-refractivity contribution is -0.870. The van der Waals surface area contributed by atoms with Gasteiger partial charge in [0.1, 0.15) is 19.8 Å². The second kappa shape index (κ2) is 37.3. The lowest BCUT2D eigenvalue weighted by Gasteiger charge is -2.24. The molecule has 0 bridgehead atoms. The van der Waals surface area contributed by atoms with Crippen molar-refractivity contribution in [2.75, 3.05) is 47.5 Å². The Kier molecular flexibility index (Phi) is 36.5. The van der Waals surface area contributed by atoms with Crippen molar-refractivity contribution in [2.45, 2.75) is 213 Å². The summed E-state index contributed by atoms with van der Waals surface area (Å²) < 4.78 is 34.3. The van der Waals surface area contributed by atoms with E-state index >= 15 is 0 Å². The average Bonchev–Trinajstić information content (AvgIpc) is 3.12. The standard InChI is InChI=1S/C44H86NO8P/c1-6-8-10-12-14-16-18-20-22-23-25-26-28-30-32-34-36-43(46)50-40-42(41-52-54(48,49)51-39-38-45(3,4)5)53-44(47)37-35-33-31-29-27-24-21-19-17-15-13-11-9-7-2/h19,21,42H,6-18,20,22-41H2,1-5H3/p+1/b21-19-. The Balaban J connectivity index is 4.33. The van der Waals surface area contributed by atoms with Crippen LogP contribution in [0.3, 0.4) is 0 Å². The van der Waals surface area contributed by atoms with E-state index in [2.05, 4.69) is 26.0 Å². The normalized spacial score (nSPS) is 13.7. The summed E-state index contributed by atoms with van der Waals surface area (Å²) >= 11 is 0. The highest BCUT2D eigenvalue weighted by Gasteiger charge is 2.27. The molecule has 0 aromatic carbocycles. The van der Waals surface area contributed by atoms with Crippen LogP contribution in [0.2, 0.25) is 0 Å². The molecule has 0 spiro atoms. The largest absolute Gasteiger partial charge is 0.472 e. The first-order valence-electron chi connectivity index (χ1n) is 22.4. The van der Waals surface area contributed by atoms with Gasteiger partial charge in [0.15, 0.2) is 6.10 Å². The van der Waals surface area contributed by atoms with Crippen molar-refractivity contribution < 1.29 is 42.1 Å². The Hall–Kier alpha value is -1.25. The molecule has 10 heteroatoms. The molecule has 0 aromatic rings. The zero-order valence-corrected chi connectivity index (χ0v) is 36.9. The van der Waals surface area contributed by atoms with Crippen LogP contribution in [-0.2, 0) is 32.7 Å². The second-order valence-electron chi connectivity index (χ2n) is 16.4. The number of unbranched alkanes of at least 4 members (excludes halogenated alkanes) is 25. The summed E-state index contributed by atoms with van der Waals surface area (Å²) in [6.45, 7) is 4.43. The number of phosphoric acid groups is 1. The van der Waals surface area contributed by atoms with Gasteiger partial charge in [-0.2, -0.15) is 0 Å². The predicted molar refractivity (Wildman–Crippen MR) is 224 cm³/mol. The lowest BCUT2D eigenvalue weighted by Crippen LogP contribution is -2.37. The number of likely N-dealkylation sites (N-methyl/N-ethyl adjacent to an activating group) is 1. The molecule has 54 heavy (non-hydrogen) atoms. The van der Waals surface area contributed by atoms with Gasteiger partial charge in [0, 0.05) is 12.8 Å². The first kappa shape index (κ1) is 52.8. The number of carbonyl (C=O) groups excluding carboxylic acids is 2. The molecule has 320 valence electrons. The summed E-state index contributed by atoms with van der Waals surface area (Å²) in [5.41, 5.74) is 0. The number of rotatable bonds is 41. The Morgan fingerprint density at radius 2 is 0.944 bits per heavy atom. The van der Waals surface area contributed by atoms with Gasteiger partial charge in [-0.1, -0.05) is 167 Å². The highest BCUT2D eigenvalue weighted by atomic mass is 31.2. The van der Waals surface area contributed by atoms with Gasteiger partial charge >= 0.3 is 19.8 Å². The molecule has 0 aromatic heterocycles. The molecule has 0 heterocycles. The fourth-order valence-electron chi connectivity index (χ4n) is 6.24. The summed E-state index contributed by atoms with van der Waals surface area (Å²) in [4.78, 5) is 35.3. The number of hydrogen-bond acceptors (Lipinski definition) is 7. The molecule has 2 unspecified atom stereocenters. The summed E-state index contributed by atoms with van der Waals surface area (Å²) in [5.74, 6) is -0.798. The van der Waals surface area contributed by atoms with E-state index in [1.165, 1.54) is 122 Å². The summed E-state index contributed by atoms with van der Waals surface area (Å²) in [6.07, 6.45) is 38.2. The van der Waals surface area contributed by atoms with Crippen LogP contribution < -0.4 is 0 Å². The molecule has 0 amide bonds. The Labute approximate surface area is 333 Å². The van der Waals surface area contributed by atoms with E-state index in [9.17, 15) is 19.0 Å². The summed E-state index contributed by atoms with van der Waals surface area (Å²) in [6, 6.07) is 0. The molecule has 0 saturated carbocycles. The number of esters is 2. The maximum absolute atomic E-state index is 12.7. The first-order valence-corrected chi connectivity index (χ1v) is 23.9. The van der Waals surface area contributed by atoms with Crippen molar-refractivity contribution in [1.29, 1.82) is 0 Å². The zero-order chi connectivity index (χ0) is 40.0. The zero-order valence-electron chi connectivity index (χ0n) is 36.0. The summed E-state index contributed by atoms with van der Waals surface area (Å²) in [5, 5.41) is 0. The molecule has 0 aliphatic rings. The minimum atomic E-state index is -4.37. The van der Waals surface area contributed by atoms with Gasteiger partial charge < -0.3 is 18.9 Å². The highest BCUT2D eigenvalue weighted by molar-refractivity contribution is 7.47. The number of hydrogen-bond donors (Lipinski definition) is 1. The highest BCUT2D eigenvalue weighted by Crippen LogP contribution is 2.43. The molecule has 2 atom stereocenters. The third kappa shape index (κ3) is 40.4. The van der Waals surface area contributed by atoms with E-state index in [1.54, 1.807) is 0 Å². The van der Waals surface area contributed by atoms with Crippen LogP contribution in [0.25, 0.3) is 0 Å². The van der Waals surface area contributed by atoms with E-state index in [0.29, 0.717) is 23.9 Å². The van der Waals surface area contributed by atoms with E-state index in [1.807, 2.05) is 21.1 Å².